The van der Waals surface area contributed by atoms with Gasteiger partial charge < -0.3 is 4.74 Å². The van der Waals surface area contributed by atoms with Crippen molar-refractivity contribution in [3.63, 3.8) is 0 Å². The minimum Gasteiger partial charge on any atom is -0.469 e. The van der Waals surface area contributed by atoms with E-state index in [0.29, 0.717) is 24.7 Å². The first-order chi connectivity index (χ1) is 8.76. The molecule has 0 amide bonds. The lowest BCUT2D eigenvalue weighted by atomic mass is 9.66. The Morgan fingerprint density at radius 3 is 2.68 bits per heavy atom. The van der Waals surface area contributed by atoms with E-state index in [-0.39, 0.29) is 17.2 Å². The molecule has 0 saturated heterocycles. The van der Waals surface area contributed by atoms with Crippen LogP contribution in [0.1, 0.15) is 53.4 Å². The van der Waals surface area contributed by atoms with Gasteiger partial charge in [-0.3, -0.25) is 9.59 Å². The van der Waals surface area contributed by atoms with Gasteiger partial charge in [0.1, 0.15) is 0 Å². The molecule has 0 saturated carbocycles. The highest BCUT2D eigenvalue weighted by Gasteiger charge is 2.35. The molecule has 0 aromatic heterocycles. The summed E-state index contributed by atoms with van der Waals surface area (Å²) in [5, 5.41) is 0. The van der Waals surface area contributed by atoms with Crippen molar-refractivity contribution in [2.24, 2.45) is 17.3 Å². The molecule has 0 spiro atoms. The van der Waals surface area contributed by atoms with Crippen LogP contribution in [0.15, 0.2) is 11.6 Å². The maximum Gasteiger partial charge on any atom is 0.305 e. The van der Waals surface area contributed by atoms with Gasteiger partial charge in [-0.1, -0.05) is 26.3 Å². The lowest BCUT2D eigenvalue weighted by Gasteiger charge is -2.38. The molecule has 1 unspecified atom stereocenters. The van der Waals surface area contributed by atoms with Crippen LogP contribution in [0, 0.1) is 17.3 Å². The van der Waals surface area contributed by atoms with E-state index in [0.717, 1.165) is 12.8 Å². The number of ether oxygens (including phenoxy) is 1. The van der Waals surface area contributed by atoms with Gasteiger partial charge in [-0.05, 0) is 43.1 Å². The maximum absolute atomic E-state index is 11.6. The Bertz CT molecular complexity index is 379. The molecular formula is C16H26O3. The van der Waals surface area contributed by atoms with E-state index >= 15 is 0 Å². The molecule has 0 radical (unpaired) electrons. The van der Waals surface area contributed by atoms with Gasteiger partial charge in [0.05, 0.1) is 7.11 Å². The number of hydrogen-bond donors (Lipinski definition) is 0. The summed E-state index contributed by atoms with van der Waals surface area (Å²) in [6.07, 6.45) is 4.91. The highest BCUT2D eigenvalue weighted by atomic mass is 16.5. The molecule has 1 aliphatic carbocycles. The summed E-state index contributed by atoms with van der Waals surface area (Å²) in [5.41, 5.74) is 1.22. The summed E-state index contributed by atoms with van der Waals surface area (Å²) in [6.45, 7) is 8.46. The SMILES string of the molecule is COC(=O)CC(C)CC[C@@H]1C(C)=CC(=O)CC1(C)C. The van der Waals surface area contributed by atoms with E-state index in [1.54, 1.807) is 6.08 Å². The van der Waals surface area contributed by atoms with E-state index < -0.39 is 0 Å². The summed E-state index contributed by atoms with van der Waals surface area (Å²) in [6, 6.07) is 0. The van der Waals surface area contributed by atoms with Crippen LogP contribution in [0.4, 0.5) is 0 Å². The number of rotatable bonds is 5. The van der Waals surface area contributed by atoms with Crippen LogP contribution in [0.2, 0.25) is 0 Å². The Labute approximate surface area is 116 Å². The van der Waals surface area contributed by atoms with Gasteiger partial charge in [0, 0.05) is 12.8 Å². The molecule has 3 nitrogen and oxygen atoms in total. The normalized spacial score (nSPS) is 23.7. The Hall–Kier alpha value is -1.12. The number of carbonyl (C=O) groups excluding carboxylic acids is 2. The topological polar surface area (TPSA) is 43.4 Å². The second kappa shape index (κ2) is 6.36. The van der Waals surface area contributed by atoms with Gasteiger partial charge >= 0.3 is 5.97 Å². The highest BCUT2D eigenvalue weighted by molar-refractivity contribution is 5.91. The van der Waals surface area contributed by atoms with Crippen molar-refractivity contribution in [3.05, 3.63) is 11.6 Å². The van der Waals surface area contributed by atoms with Gasteiger partial charge in [-0.2, -0.15) is 0 Å². The standard InChI is InChI=1S/C16H26O3/c1-11(8-15(18)19-5)6-7-14-12(2)9-13(17)10-16(14,3)4/h9,11,14H,6-8,10H2,1-5H3/t11?,14-/m1/s1. The first-order valence-corrected chi connectivity index (χ1v) is 7.04. The molecule has 19 heavy (non-hydrogen) atoms. The van der Waals surface area contributed by atoms with Crippen molar-refractivity contribution in [1.29, 1.82) is 0 Å². The van der Waals surface area contributed by atoms with Gasteiger partial charge in [0.15, 0.2) is 5.78 Å². The van der Waals surface area contributed by atoms with Crippen LogP contribution < -0.4 is 0 Å². The molecule has 1 aliphatic rings. The summed E-state index contributed by atoms with van der Waals surface area (Å²) in [7, 11) is 1.43. The molecule has 0 aromatic carbocycles. The Balaban J connectivity index is 2.58. The first kappa shape index (κ1) is 15.9. The lowest BCUT2D eigenvalue weighted by molar-refractivity contribution is -0.141. The summed E-state index contributed by atoms with van der Waals surface area (Å²) in [4.78, 5) is 22.8. The number of hydrogen-bond acceptors (Lipinski definition) is 3. The van der Waals surface area contributed by atoms with E-state index in [1.165, 1.54) is 12.7 Å². The predicted octanol–water partition coefficient (Wildman–Crippen LogP) is 3.53. The van der Waals surface area contributed by atoms with Crippen LogP contribution >= 0.6 is 0 Å². The van der Waals surface area contributed by atoms with Crippen molar-refractivity contribution in [1.82, 2.24) is 0 Å². The van der Waals surface area contributed by atoms with Gasteiger partial charge in [0.2, 0.25) is 0 Å². The van der Waals surface area contributed by atoms with E-state index in [4.69, 9.17) is 4.74 Å². The summed E-state index contributed by atoms with van der Waals surface area (Å²) in [5.74, 6) is 0.859. The average Bonchev–Trinajstić information content (AvgIpc) is 2.25. The second-order valence-electron chi connectivity index (χ2n) is 6.54. The largest absolute Gasteiger partial charge is 0.469 e. The van der Waals surface area contributed by atoms with Crippen molar-refractivity contribution < 1.29 is 14.3 Å². The molecule has 0 aromatic rings. The number of allylic oxidation sites excluding steroid dienone is 2. The van der Waals surface area contributed by atoms with E-state index in [2.05, 4.69) is 27.7 Å². The van der Waals surface area contributed by atoms with Crippen LogP contribution in [0.3, 0.4) is 0 Å². The maximum atomic E-state index is 11.6. The average molecular weight is 266 g/mol. The molecule has 0 fully saturated rings. The Kier molecular flexibility index (Phi) is 5.33. The number of carbonyl (C=O) groups is 2. The fourth-order valence-electron chi connectivity index (χ4n) is 3.13. The van der Waals surface area contributed by atoms with Crippen LogP contribution in [-0.2, 0) is 14.3 Å². The summed E-state index contributed by atoms with van der Waals surface area (Å²) < 4.78 is 4.69. The predicted molar refractivity (Wildman–Crippen MR) is 75.7 cm³/mol. The van der Waals surface area contributed by atoms with Crippen molar-refractivity contribution in [2.45, 2.75) is 53.4 Å². The summed E-state index contributed by atoms with van der Waals surface area (Å²) >= 11 is 0. The molecule has 0 aliphatic heterocycles. The molecular weight excluding hydrogens is 240 g/mol. The van der Waals surface area contributed by atoms with Gasteiger partial charge in [0.25, 0.3) is 0 Å². The number of methoxy groups -OCH3 is 1. The first-order valence-electron chi connectivity index (χ1n) is 7.04. The molecule has 1 rings (SSSR count). The van der Waals surface area contributed by atoms with E-state index in [1.807, 2.05) is 0 Å². The fourth-order valence-corrected chi connectivity index (χ4v) is 3.13. The number of esters is 1. The zero-order chi connectivity index (χ0) is 14.6. The van der Waals surface area contributed by atoms with E-state index in [9.17, 15) is 9.59 Å². The molecule has 0 bridgehead atoms. The minimum absolute atomic E-state index is 0.0287. The molecule has 3 heteroatoms. The minimum atomic E-state index is -0.141. The Morgan fingerprint density at radius 1 is 1.53 bits per heavy atom. The zero-order valence-corrected chi connectivity index (χ0v) is 12.8. The molecule has 0 heterocycles. The van der Waals surface area contributed by atoms with Crippen molar-refractivity contribution >= 4 is 11.8 Å². The Morgan fingerprint density at radius 2 is 2.16 bits per heavy atom. The van der Waals surface area contributed by atoms with Gasteiger partial charge in [-0.15, -0.1) is 0 Å². The van der Waals surface area contributed by atoms with Crippen LogP contribution in [0.5, 0.6) is 0 Å². The third-order valence-electron chi connectivity index (χ3n) is 4.20. The zero-order valence-electron chi connectivity index (χ0n) is 12.8. The highest BCUT2D eigenvalue weighted by Crippen LogP contribution is 2.42. The number of ketones is 1. The smallest absolute Gasteiger partial charge is 0.305 e. The van der Waals surface area contributed by atoms with Crippen LogP contribution in [-0.4, -0.2) is 18.9 Å². The van der Waals surface area contributed by atoms with Crippen molar-refractivity contribution in [2.75, 3.05) is 7.11 Å². The molecule has 108 valence electrons. The third-order valence-corrected chi connectivity index (χ3v) is 4.20. The fraction of sp³-hybridized carbons (Fsp3) is 0.750. The second-order valence-corrected chi connectivity index (χ2v) is 6.54. The third kappa shape index (κ3) is 4.48. The van der Waals surface area contributed by atoms with Crippen molar-refractivity contribution in [3.8, 4) is 0 Å². The lowest BCUT2D eigenvalue weighted by Crippen LogP contribution is -2.32. The molecule has 2 atom stereocenters. The monoisotopic (exact) mass is 266 g/mol. The molecule has 0 N–H and O–H groups in total. The quantitative estimate of drug-likeness (QED) is 0.715. The van der Waals surface area contributed by atoms with Crippen LogP contribution in [0.25, 0.3) is 0 Å². The van der Waals surface area contributed by atoms with Gasteiger partial charge in [-0.25, -0.2) is 0 Å².